The highest BCUT2D eigenvalue weighted by atomic mass is 32.2. The minimum absolute atomic E-state index is 0.114. The number of benzene rings is 1. The molecule has 0 spiro atoms. The summed E-state index contributed by atoms with van der Waals surface area (Å²) in [7, 11) is -4.45. The fourth-order valence-corrected chi connectivity index (χ4v) is 4.56. The fourth-order valence-electron chi connectivity index (χ4n) is 3.09. The highest BCUT2D eigenvalue weighted by molar-refractivity contribution is 7.88. The van der Waals surface area contributed by atoms with E-state index in [1.165, 1.54) is 0 Å². The van der Waals surface area contributed by atoms with Gasteiger partial charge in [-0.05, 0) is 39.2 Å². The van der Waals surface area contributed by atoms with Gasteiger partial charge in [-0.2, -0.15) is 8.42 Å². The third-order valence-corrected chi connectivity index (χ3v) is 6.21. The van der Waals surface area contributed by atoms with E-state index < -0.39 is 51.4 Å². The molecule has 1 aromatic carbocycles. The molecule has 1 N–H and O–H groups in total. The number of carbonyl (C=O) groups excluding carboxylic acids is 2. The molecule has 0 aliphatic heterocycles. The van der Waals surface area contributed by atoms with Crippen molar-refractivity contribution < 1.29 is 35.7 Å². The molecule has 2 rings (SSSR count). The number of carbonyl (C=O) groups is 2. The molecule has 0 bridgehead atoms. The van der Waals surface area contributed by atoms with Crippen LogP contribution in [0.3, 0.4) is 0 Å². The average molecular weight is 460 g/mol. The Morgan fingerprint density at radius 2 is 1.84 bits per heavy atom. The summed E-state index contributed by atoms with van der Waals surface area (Å²) in [5, 5.41) is 1.18. The Balaban J connectivity index is 2.20. The summed E-state index contributed by atoms with van der Waals surface area (Å²) in [6.07, 6.45) is 1.99. The lowest BCUT2D eigenvalue weighted by molar-refractivity contribution is -0.118. The lowest BCUT2D eigenvalue weighted by Gasteiger charge is -2.24. The van der Waals surface area contributed by atoms with Gasteiger partial charge < -0.3 is 14.2 Å². The van der Waals surface area contributed by atoms with Crippen molar-refractivity contribution in [3.63, 3.8) is 0 Å². The van der Waals surface area contributed by atoms with Crippen LogP contribution in [0.5, 0.6) is 5.75 Å². The summed E-state index contributed by atoms with van der Waals surface area (Å²) in [5.74, 6) is -3.69. The third-order valence-electron chi connectivity index (χ3n) is 4.61. The number of hydrogen-bond donors (Lipinski definition) is 1. The lowest BCUT2D eigenvalue weighted by atomic mass is 9.91. The summed E-state index contributed by atoms with van der Waals surface area (Å²) >= 11 is 0. The van der Waals surface area contributed by atoms with Crippen LogP contribution in [0.15, 0.2) is 23.8 Å². The summed E-state index contributed by atoms with van der Waals surface area (Å²) in [4.78, 5) is 23.9. The second-order valence-electron chi connectivity index (χ2n) is 7.92. The maximum atomic E-state index is 14.5. The maximum Gasteiger partial charge on any atom is 0.407 e. The largest absolute Gasteiger partial charge is 0.445 e. The Hall–Kier alpha value is -2.49. The second-order valence-corrected chi connectivity index (χ2v) is 9.64. The Kier molecular flexibility index (Phi) is 8.16. The van der Waals surface area contributed by atoms with Crippen LogP contribution in [0.25, 0.3) is 0 Å². The quantitative estimate of drug-likeness (QED) is 0.590. The van der Waals surface area contributed by atoms with Crippen molar-refractivity contribution >= 4 is 22.0 Å². The van der Waals surface area contributed by atoms with Gasteiger partial charge in [-0.25, -0.2) is 13.6 Å². The highest BCUT2D eigenvalue weighted by Gasteiger charge is 2.37. The number of allylic oxidation sites excluding steroid dienone is 1. The first-order valence-corrected chi connectivity index (χ1v) is 11.5. The van der Waals surface area contributed by atoms with Crippen LogP contribution in [0.1, 0.15) is 52.5 Å². The van der Waals surface area contributed by atoms with Crippen molar-refractivity contribution in [2.75, 3.05) is 0 Å². The van der Waals surface area contributed by atoms with Gasteiger partial charge in [0.15, 0.2) is 17.3 Å². The monoisotopic (exact) mass is 459 g/mol. The van der Waals surface area contributed by atoms with E-state index in [1.54, 1.807) is 33.8 Å². The van der Waals surface area contributed by atoms with Crippen LogP contribution < -0.4 is 9.50 Å². The van der Waals surface area contributed by atoms with E-state index in [1.807, 2.05) is 0 Å². The second kappa shape index (κ2) is 10.2. The SMILES string of the molecule is CC(C)NC(=O)OCc1cc(F)c(OS(=O)(=O)C2CCCC=C2C(=O)C(C)C)cc1F. The van der Waals surface area contributed by atoms with Crippen molar-refractivity contribution in [1.82, 2.24) is 5.32 Å². The number of alkyl carbamates (subject to hydrolysis) is 1. The van der Waals surface area contributed by atoms with Gasteiger partial charge >= 0.3 is 16.2 Å². The van der Waals surface area contributed by atoms with Gasteiger partial charge in [-0.3, -0.25) is 4.79 Å². The zero-order valence-electron chi connectivity index (χ0n) is 17.9. The maximum absolute atomic E-state index is 14.5. The number of nitrogens with one attached hydrogen (secondary N) is 1. The van der Waals surface area contributed by atoms with Crippen molar-refractivity contribution in [3.05, 3.63) is 41.0 Å². The molecule has 1 atom stereocenters. The molecular weight excluding hydrogens is 432 g/mol. The normalized spacial score (nSPS) is 16.8. The zero-order valence-corrected chi connectivity index (χ0v) is 18.7. The van der Waals surface area contributed by atoms with E-state index in [2.05, 4.69) is 5.32 Å². The first-order chi connectivity index (χ1) is 14.4. The fraction of sp³-hybridized carbons (Fsp3) is 0.524. The van der Waals surface area contributed by atoms with Crippen molar-refractivity contribution in [2.45, 2.75) is 64.9 Å². The van der Waals surface area contributed by atoms with E-state index in [0.717, 1.165) is 0 Å². The van der Waals surface area contributed by atoms with Gasteiger partial charge in [0.05, 0.1) is 0 Å². The minimum Gasteiger partial charge on any atom is -0.445 e. The number of halogens is 2. The number of hydrogen-bond acceptors (Lipinski definition) is 6. The molecule has 31 heavy (non-hydrogen) atoms. The number of ketones is 1. The van der Waals surface area contributed by atoms with Crippen LogP contribution in [-0.2, 0) is 26.3 Å². The van der Waals surface area contributed by atoms with Gasteiger partial charge in [-0.1, -0.05) is 19.9 Å². The summed E-state index contributed by atoms with van der Waals surface area (Å²) in [5.41, 5.74) is -0.169. The molecule has 1 aromatic rings. The molecule has 0 aromatic heterocycles. The van der Waals surface area contributed by atoms with Crippen LogP contribution in [0, 0.1) is 17.6 Å². The predicted octanol–water partition coefficient (Wildman–Crippen LogP) is 4.01. The topological polar surface area (TPSA) is 98.8 Å². The molecule has 0 saturated carbocycles. The summed E-state index contributed by atoms with van der Waals surface area (Å²) in [6.45, 7) is 6.16. The smallest absolute Gasteiger partial charge is 0.407 e. The predicted molar refractivity (Wildman–Crippen MR) is 110 cm³/mol. The zero-order chi connectivity index (χ0) is 23.3. The van der Waals surface area contributed by atoms with Crippen LogP contribution in [-0.4, -0.2) is 31.6 Å². The standard InChI is InChI=1S/C21H27F2NO6S/c1-12(2)20(25)15-7-5-6-8-19(15)31(27,28)30-18-10-16(22)14(9-17(18)23)11-29-21(26)24-13(3)4/h7,9-10,12-13,19H,5-6,8,11H2,1-4H3,(H,24,26). The summed E-state index contributed by atoms with van der Waals surface area (Å²) < 4.78 is 64.1. The molecule has 0 heterocycles. The van der Waals surface area contributed by atoms with E-state index in [4.69, 9.17) is 8.92 Å². The average Bonchev–Trinajstić information content (AvgIpc) is 2.68. The summed E-state index contributed by atoms with van der Waals surface area (Å²) in [6, 6.07) is 1.10. The molecule has 0 saturated heterocycles. The van der Waals surface area contributed by atoms with Gasteiger partial charge in [0.1, 0.15) is 17.7 Å². The van der Waals surface area contributed by atoms with Crippen LogP contribution in [0.2, 0.25) is 0 Å². The highest BCUT2D eigenvalue weighted by Crippen LogP contribution is 2.31. The van der Waals surface area contributed by atoms with Crippen LogP contribution in [0.4, 0.5) is 13.6 Å². The van der Waals surface area contributed by atoms with Gasteiger partial charge in [-0.15, -0.1) is 0 Å². The molecule has 1 aliphatic rings. The Morgan fingerprint density at radius 1 is 1.16 bits per heavy atom. The molecule has 0 fully saturated rings. The first kappa shape index (κ1) is 24.8. The lowest BCUT2D eigenvalue weighted by Crippen LogP contribution is -2.34. The van der Waals surface area contributed by atoms with Gasteiger partial charge in [0, 0.05) is 29.2 Å². The van der Waals surface area contributed by atoms with E-state index in [-0.39, 0.29) is 29.4 Å². The van der Waals surface area contributed by atoms with E-state index in [9.17, 15) is 26.8 Å². The Labute approximate surface area is 180 Å². The molecule has 172 valence electrons. The first-order valence-electron chi connectivity index (χ1n) is 10.0. The molecule has 10 heteroatoms. The van der Waals surface area contributed by atoms with E-state index in [0.29, 0.717) is 25.0 Å². The molecule has 1 aliphatic carbocycles. The van der Waals surface area contributed by atoms with Crippen LogP contribution >= 0.6 is 0 Å². The van der Waals surface area contributed by atoms with E-state index >= 15 is 0 Å². The van der Waals surface area contributed by atoms with Crippen molar-refractivity contribution in [3.8, 4) is 5.75 Å². The van der Waals surface area contributed by atoms with Gasteiger partial charge in [0.25, 0.3) is 0 Å². The third kappa shape index (κ3) is 6.49. The number of rotatable bonds is 8. The minimum atomic E-state index is -4.45. The number of amides is 1. The molecular formula is C21H27F2NO6S. The molecule has 0 radical (unpaired) electrons. The molecule has 1 unspecified atom stereocenters. The van der Waals surface area contributed by atoms with Gasteiger partial charge in [0.2, 0.25) is 0 Å². The Bertz CT molecular complexity index is 972. The Morgan fingerprint density at radius 3 is 2.45 bits per heavy atom. The number of Topliss-reactive ketones (excluding diaryl/α,β-unsaturated/α-hetero) is 1. The number of ether oxygens (including phenoxy) is 1. The van der Waals surface area contributed by atoms with Crippen molar-refractivity contribution in [2.24, 2.45) is 5.92 Å². The molecule has 1 amide bonds. The molecule has 7 nitrogen and oxygen atoms in total. The van der Waals surface area contributed by atoms with Crippen molar-refractivity contribution in [1.29, 1.82) is 0 Å².